The zero-order chi connectivity index (χ0) is 26.8. The highest BCUT2D eigenvalue weighted by atomic mass is 16.5. The first-order valence-electron chi connectivity index (χ1n) is 13.5. The molecular weight excluding hydrogens is 472 g/mol. The first-order valence-corrected chi connectivity index (χ1v) is 13.5. The van der Waals surface area contributed by atoms with E-state index in [9.17, 15) is 4.79 Å². The molecule has 0 atom stereocenters. The highest BCUT2D eigenvalue weighted by molar-refractivity contribution is 5.92. The number of nitrogens with one attached hydrogen (secondary N) is 1. The molecule has 0 spiro atoms. The first kappa shape index (κ1) is 27.5. The Kier molecular flexibility index (Phi) is 9.61. The monoisotopic (exact) mass is 512 g/mol. The minimum atomic E-state index is -0.0555. The Morgan fingerprint density at radius 3 is 2.24 bits per heavy atom. The molecule has 1 N–H and O–H groups in total. The quantitative estimate of drug-likeness (QED) is 0.307. The second-order valence-corrected chi connectivity index (χ2v) is 10.4. The fraction of sp³-hybridized carbons (Fsp3) is 0.364. The number of ether oxygens (including phenoxy) is 2. The van der Waals surface area contributed by atoms with Crippen molar-refractivity contribution < 1.29 is 14.3 Å². The number of amides is 1. The lowest BCUT2D eigenvalue weighted by Gasteiger charge is -2.45. The smallest absolute Gasteiger partial charge is 0.244 e. The summed E-state index contributed by atoms with van der Waals surface area (Å²) in [6, 6.07) is 26.7. The summed E-state index contributed by atoms with van der Waals surface area (Å²) in [5.74, 6) is 1.27. The number of methoxy groups -OCH3 is 1. The molecule has 1 aliphatic rings. The van der Waals surface area contributed by atoms with Gasteiger partial charge in [-0.3, -0.25) is 4.79 Å². The number of nitrogens with zero attached hydrogens (tertiary/aromatic N) is 1. The minimum absolute atomic E-state index is 0.0555. The standard InChI is InChI=1S/C33H40N2O3/c1-35(2)33(21-18-26-10-6-4-7-11-26)22-19-29(20-23-33)34-32(36)17-15-27-14-16-30(31(24-27)37-3)38-25-28-12-8-5-9-13-28/h4-17,24,29H,18-23,25H2,1-3H3,(H,34,36). The third-order valence-electron chi connectivity index (χ3n) is 7.79. The Morgan fingerprint density at radius 1 is 0.947 bits per heavy atom. The van der Waals surface area contributed by atoms with E-state index >= 15 is 0 Å². The largest absolute Gasteiger partial charge is 0.493 e. The molecule has 38 heavy (non-hydrogen) atoms. The van der Waals surface area contributed by atoms with Crippen LogP contribution >= 0.6 is 0 Å². The van der Waals surface area contributed by atoms with Gasteiger partial charge in [0.2, 0.25) is 5.91 Å². The van der Waals surface area contributed by atoms with E-state index in [1.54, 1.807) is 13.2 Å². The van der Waals surface area contributed by atoms with Gasteiger partial charge in [-0.2, -0.15) is 0 Å². The summed E-state index contributed by atoms with van der Waals surface area (Å²) in [4.78, 5) is 15.1. The Labute approximate surface area is 227 Å². The zero-order valence-corrected chi connectivity index (χ0v) is 22.9. The molecular formula is C33H40N2O3. The molecule has 1 fully saturated rings. The van der Waals surface area contributed by atoms with Crippen LogP contribution in [0.1, 0.15) is 48.8 Å². The number of rotatable bonds is 11. The van der Waals surface area contributed by atoms with E-state index in [2.05, 4.69) is 54.6 Å². The molecule has 1 amide bonds. The highest BCUT2D eigenvalue weighted by Gasteiger charge is 2.37. The number of aryl methyl sites for hydroxylation is 1. The van der Waals surface area contributed by atoms with Crippen molar-refractivity contribution in [3.8, 4) is 11.5 Å². The average Bonchev–Trinajstić information content (AvgIpc) is 2.96. The van der Waals surface area contributed by atoms with E-state index in [-0.39, 0.29) is 17.5 Å². The molecule has 0 bridgehead atoms. The van der Waals surface area contributed by atoms with Crippen molar-refractivity contribution in [1.82, 2.24) is 10.2 Å². The number of hydrogen-bond donors (Lipinski definition) is 1. The Hall–Kier alpha value is -3.57. The molecule has 1 saturated carbocycles. The number of hydrogen-bond acceptors (Lipinski definition) is 4. The van der Waals surface area contributed by atoms with Gasteiger partial charge in [-0.1, -0.05) is 66.7 Å². The Balaban J connectivity index is 1.28. The lowest BCUT2D eigenvalue weighted by molar-refractivity contribution is -0.117. The summed E-state index contributed by atoms with van der Waals surface area (Å²) in [5.41, 5.74) is 3.56. The zero-order valence-electron chi connectivity index (χ0n) is 22.9. The van der Waals surface area contributed by atoms with Crippen LogP contribution in [0.4, 0.5) is 0 Å². The van der Waals surface area contributed by atoms with Crippen LogP contribution in [0, 0.1) is 0 Å². The number of benzene rings is 3. The van der Waals surface area contributed by atoms with Gasteiger partial charge in [0.1, 0.15) is 6.61 Å². The SMILES string of the molecule is COc1cc(C=CC(=O)NC2CCC(CCc3ccccc3)(N(C)C)CC2)ccc1OCc1ccccc1. The van der Waals surface area contributed by atoms with Gasteiger partial charge < -0.3 is 19.7 Å². The molecule has 0 aliphatic heterocycles. The molecule has 0 saturated heterocycles. The molecule has 1 aliphatic carbocycles. The maximum atomic E-state index is 12.7. The molecule has 3 aromatic carbocycles. The molecule has 3 aromatic rings. The minimum Gasteiger partial charge on any atom is -0.493 e. The van der Waals surface area contributed by atoms with Gasteiger partial charge >= 0.3 is 0 Å². The molecule has 5 heteroatoms. The third kappa shape index (κ3) is 7.48. The van der Waals surface area contributed by atoms with E-state index in [1.807, 2.05) is 54.6 Å². The molecule has 0 aromatic heterocycles. The predicted molar refractivity (Wildman–Crippen MR) is 154 cm³/mol. The van der Waals surface area contributed by atoms with Gasteiger partial charge in [0.25, 0.3) is 0 Å². The summed E-state index contributed by atoms with van der Waals surface area (Å²) >= 11 is 0. The van der Waals surface area contributed by atoms with Crippen molar-refractivity contribution in [3.05, 3.63) is 102 Å². The van der Waals surface area contributed by atoms with E-state index < -0.39 is 0 Å². The summed E-state index contributed by atoms with van der Waals surface area (Å²) in [6.07, 6.45) is 9.82. The fourth-order valence-corrected chi connectivity index (χ4v) is 5.31. The van der Waals surface area contributed by atoms with Crippen molar-refractivity contribution in [2.24, 2.45) is 0 Å². The second-order valence-electron chi connectivity index (χ2n) is 10.4. The normalized spacial score (nSPS) is 19.4. The second kappa shape index (κ2) is 13.3. The highest BCUT2D eigenvalue weighted by Crippen LogP contribution is 2.36. The van der Waals surface area contributed by atoms with Gasteiger partial charge in [-0.05, 0) is 87.5 Å². The molecule has 4 rings (SSSR count). The lowest BCUT2D eigenvalue weighted by atomic mass is 9.75. The lowest BCUT2D eigenvalue weighted by Crippen LogP contribution is -2.50. The number of carbonyl (C=O) groups excluding carboxylic acids is 1. The van der Waals surface area contributed by atoms with Crippen molar-refractivity contribution in [2.45, 2.75) is 56.7 Å². The van der Waals surface area contributed by atoms with Crippen LogP contribution in [0.3, 0.4) is 0 Å². The van der Waals surface area contributed by atoms with Gasteiger partial charge in [-0.15, -0.1) is 0 Å². The van der Waals surface area contributed by atoms with Gasteiger partial charge in [0.15, 0.2) is 11.5 Å². The maximum absolute atomic E-state index is 12.7. The molecule has 0 radical (unpaired) electrons. The third-order valence-corrected chi connectivity index (χ3v) is 7.79. The Bertz CT molecular complexity index is 1180. The van der Waals surface area contributed by atoms with Crippen LogP contribution < -0.4 is 14.8 Å². The molecule has 0 heterocycles. The van der Waals surface area contributed by atoms with E-state index in [0.29, 0.717) is 18.1 Å². The summed E-state index contributed by atoms with van der Waals surface area (Å²) in [5, 5.41) is 3.22. The van der Waals surface area contributed by atoms with Crippen LogP contribution in [0.5, 0.6) is 11.5 Å². The predicted octanol–water partition coefficient (Wildman–Crippen LogP) is 6.28. The molecule has 0 unspecified atom stereocenters. The van der Waals surface area contributed by atoms with Crippen molar-refractivity contribution in [2.75, 3.05) is 21.2 Å². The molecule has 5 nitrogen and oxygen atoms in total. The van der Waals surface area contributed by atoms with Gasteiger partial charge in [0, 0.05) is 17.7 Å². The first-order chi connectivity index (χ1) is 18.5. The van der Waals surface area contributed by atoms with Crippen LogP contribution in [-0.4, -0.2) is 43.6 Å². The van der Waals surface area contributed by atoms with Gasteiger partial charge in [-0.25, -0.2) is 0 Å². The van der Waals surface area contributed by atoms with Crippen LogP contribution in [0.15, 0.2) is 84.9 Å². The number of carbonyl (C=O) groups is 1. The van der Waals surface area contributed by atoms with E-state index in [1.165, 1.54) is 5.56 Å². The maximum Gasteiger partial charge on any atom is 0.244 e. The van der Waals surface area contributed by atoms with Crippen molar-refractivity contribution in [1.29, 1.82) is 0 Å². The van der Waals surface area contributed by atoms with Crippen LogP contribution in [0.25, 0.3) is 6.08 Å². The van der Waals surface area contributed by atoms with Crippen LogP contribution in [0.2, 0.25) is 0 Å². The molecule has 200 valence electrons. The van der Waals surface area contributed by atoms with Crippen molar-refractivity contribution in [3.63, 3.8) is 0 Å². The Morgan fingerprint density at radius 2 is 1.61 bits per heavy atom. The summed E-state index contributed by atoms with van der Waals surface area (Å²) in [6.45, 7) is 0.470. The van der Waals surface area contributed by atoms with E-state index in [0.717, 1.165) is 49.7 Å². The summed E-state index contributed by atoms with van der Waals surface area (Å²) in [7, 11) is 6.01. The van der Waals surface area contributed by atoms with Crippen molar-refractivity contribution >= 4 is 12.0 Å². The van der Waals surface area contributed by atoms with Gasteiger partial charge in [0.05, 0.1) is 7.11 Å². The summed E-state index contributed by atoms with van der Waals surface area (Å²) < 4.78 is 11.5. The topological polar surface area (TPSA) is 50.8 Å². The fourth-order valence-electron chi connectivity index (χ4n) is 5.31. The average molecular weight is 513 g/mol. The van der Waals surface area contributed by atoms with Crippen LogP contribution in [-0.2, 0) is 17.8 Å². The van der Waals surface area contributed by atoms with E-state index in [4.69, 9.17) is 9.47 Å².